The zero-order valence-corrected chi connectivity index (χ0v) is 12.3. The molecule has 1 amide bonds. The molecule has 0 spiro atoms. The third-order valence-corrected chi connectivity index (χ3v) is 4.14. The number of anilines is 1. The summed E-state index contributed by atoms with van der Waals surface area (Å²) in [4.78, 5) is 23.0. The monoisotopic (exact) mass is 287 g/mol. The summed E-state index contributed by atoms with van der Waals surface area (Å²) in [5.41, 5.74) is 2.08. The summed E-state index contributed by atoms with van der Waals surface area (Å²) >= 11 is 0. The molecule has 2 aliphatic rings. The van der Waals surface area contributed by atoms with Crippen LogP contribution in [0.4, 0.5) is 5.95 Å². The number of hydrogen-bond donors (Lipinski definition) is 2. The minimum absolute atomic E-state index is 0.0623. The molecule has 6 heteroatoms. The van der Waals surface area contributed by atoms with Gasteiger partial charge >= 0.3 is 0 Å². The molecule has 1 unspecified atom stereocenters. The van der Waals surface area contributed by atoms with E-state index in [2.05, 4.69) is 25.5 Å². The second-order valence-electron chi connectivity index (χ2n) is 5.64. The maximum atomic E-state index is 12.2. The number of amides is 1. The molecule has 0 bridgehead atoms. The molecule has 112 valence electrons. The first-order chi connectivity index (χ1) is 10.2. The SMILES string of the molecule is CC(C(=O)NC1CCCN(c2ncccn2)C1)=C1CNC1. The summed E-state index contributed by atoms with van der Waals surface area (Å²) in [6.07, 6.45) is 5.56. The van der Waals surface area contributed by atoms with Crippen LogP contribution >= 0.6 is 0 Å². The first-order valence-electron chi connectivity index (χ1n) is 7.46. The van der Waals surface area contributed by atoms with E-state index in [1.165, 1.54) is 5.57 Å². The highest BCUT2D eigenvalue weighted by molar-refractivity contribution is 5.94. The number of carbonyl (C=O) groups is 1. The average Bonchev–Trinajstić information content (AvgIpc) is 2.46. The fraction of sp³-hybridized carbons (Fsp3) is 0.533. The van der Waals surface area contributed by atoms with E-state index >= 15 is 0 Å². The van der Waals surface area contributed by atoms with Crippen molar-refractivity contribution in [1.29, 1.82) is 0 Å². The van der Waals surface area contributed by atoms with Gasteiger partial charge in [-0.25, -0.2) is 9.97 Å². The molecule has 2 fully saturated rings. The Labute approximate surface area is 124 Å². The van der Waals surface area contributed by atoms with Gasteiger partial charge in [0.25, 0.3) is 0 Å². The van der Waals surface area contributed by atoms with E-state index in [0.717, 1.165) is 50.5 Å². The number of carbonyl (C=O) groups excluding carboxylic acids is 1. The highest BCUT2D eigenvalue weighted by Crippen LogP contribution is 2.16. The molecule has 1 atom stereocenters. The van der Waals surface area contributed by atoms with Gasteiger partial charge < -0.3 is 15.5 Å². The topological polar surface area (TPSA) is 70.2 Å². The maximum Gasteiger partial charge on any atom is 0.247 e. The average molecular weight is 287 g/mol. The van der Waals surface area contributed by atoms with Gasteiger partial charge in [-0.15, -0.1) is 0 Å². The lowest BCUT2D eigenvalue weighted by Crippen LogP contribution is -2.49. The third kappa shape index (κ3) is 3.21. The van der Waals surface area contributed by atoms with Crippen LogP contribution in [0.15, 0.2) is 29.6 Å². The van der Waals surface area contributed by atoms with Gasteiger partial charge in [0.15, 0.2) is 0 Å². The summed E-state index contributed by atoms with van der Waals surface area (Å²) in [7, 11) is 0. The van der Waals surface area contributed by atoms with Crippen molar-refractivity contribution in [2.45, 2.75) is 25.8 Å². The molecule has 0 radical (unpaired) electrons. The Hall–Kier alpha value is -1.95. The molecule has 6 nitrogen and oxygen atoms in total. The second kappa shape index (κ2) is 6.22. The molecule has 0 aromatic carbocycles. The Morgan fingerprint density at radius 3 is 2.81 bits per heavy atom. The Kier molecular flexibility index (Phi) is 4.15. The Balaban J connectivity index is 1.60. The van der Waals surface area contributed by atoms with Crippen molar-refractivity contribution in [3.63, 3.8) is 0 Å². The molecule has 3 rings (SSSR count). The van der Waals surface area contributed by atoms with Crippen LogP contribution in [0.1, 0.15) is 19.8 Å². The van der Waals surface area contributed by atoms with E-state index in [4.69, 9.17) is 0 Å². The van der Waals surface area contributed by atoms with Crippen molar-refractivity contribution in [2.24, 2.45) is 0 Å². The van der Waals surface area contributed by atoms with Crippen LogP contribution in [0.3, 0.4) is 0 Å². The minimum Gasteiger partial charge on any atom is -0.348 e. The lowest BCUT2D eigenvalue weighted by atomic mass is 10.0. The Bertz CT molecular complexity index is 536. The summed E-state index contributed by atoms with van der Waals surface area (Å²) in [6.45, 7) is 5.31. The molecule has 0 saturated carbocycles. The van der Waals surface area contributed by atoms with Crippen molar-refractivity contribution in [3.05, 3.63) is 29.6 Å². The Morgan fingerprint density at radius 2 is 2.14 bits per heavy atom. The smallest absolute Gasteiger partial charge is 0.247 e. The largest absolute Gasteiger partial charge is 0.348 e. The number of hydrogen-bond acceptors (Lipinski definition) is 5. The van der Waals surface area contributed by atoms with Gasteiger partial charge in [0.2, 0.25) is 11.9 Å². The van der Waals surface area contributed by atoms with Crippen LogP contribution < -0.4 is 15.5 Å². The van der Waals surface area contributed by atoms with E-state index in [9.17, 15) is 4.79 Å². The molecule has 1 aromatic rings. The summed E-state index contributed by atoms with van der Waals surface area (Å²) < 4.78 is 0. The molecule has 1 aromatic heterocycles. The van der Waals surface area contributed by atoms with Crippen LogP contribution in [0.25, 0.3) is 0 Å². The normalized spacial score (nSPS) is 21.7. The summed E-state index contributed by atoms with van der Waals surface area (Å²) in [5.74, 6) is 0.807. The van der Waals surface area contributed by atoms with Crippen LogP contribution in [0, 0.1) is 0 Å². The molecule has 21 heavy (non-hydrogen) atoms. The van der Waals surface area contributed by atoms with Crippen molar-refractivity contribution in [2.75, 3.05) is 31.1 Å². The van der Waals surface area contributed by atoms with Crippen molar-refractivity contribution in [1.82, 2.24) is 20.6 Å². The van der Waals surface area contributed by atoms with E-state index < -0.39 is 0 Å². The summed E-state index contributed by atoms with van der Waals surface area (Å²) in [6, 6.07) is 1.98. The zero-order valence-electron chi connectivity index (χ0n) is 12.3. The molecular weight excluding hydrogens is 266 g/mol. The number of rotatable bonds is 3. The van der Waals surface area contributed by atoms with Crippen LogP contribution in [-0.2, 0) is 4.79 Å². The van der Waals surface area contributed by atoms with E-state index in [1.54, 1.807) is 12.4 Å². The van der Waals surface area contributed by atoms with Crippen molar-refractivity contribution >= 4 is 11.9 Å². The quantitative estimate of drug-likeness (QED) is 0.791. The molecule has 0 aliphatic carbocycles. The van der Waals surface area contributed by atoms with Crippen LogP contribution in [-0.4, -0.2) is 48.1 Å². The molecule has 2 N–H and O–H groups in total. The fourth-order valence-electron chi connectivity index (χ4n) is 2.70. The van der Waals surface area contributed by atoms with Gasteiger partial charge in [0.05, 0.1) is 0 Å². The van der Waals surface area contributed by atoms with Gasteiger partial charge in [-0.2, -0.15) is 0 Å². The zero-order chi connectivity index (χ0) is 14.7. The minimum atomic E-state index is 0.0623. The molecular formula is C15H21N5O. The van der Waals surface area contributed by atoms with E-state index in [1.807, 2.05) is 13.0 Å². The number of piperidine rings is 1. The number of nitrogens with zero attached hydrogens (tertiary/aromatic N) is 3. The van der Waals surface area contributed by atoms with Crippen LogP contribution in [0.2, 0.25) is 0 Å². The highest BCUT2D eigenvalue weighted by atomic mass is 16.1. The molecule has 3 heterocycles. The van der Waals surface area contributed by atoms with E-state index in [-0.39, 0.29) is 11.9 Å². The second-order valence-corrected chi connectivity index (χ2v) is 5.64. The highest BCUT2D eigenvalue weighted by Gasteiger charge is 2.24. The van der Waals surface area contributed by atoms with E-state index in [0.29, 0.717) is 0 Å². The first kappa shape index (κ1) is 14.0. The lowest BCUT2D eigenvalue weighted by molar-refractivity contribution is -0.118. The molecule has 2 aliphatic heterocycles. The predicted molar refractivity (Wildman–Crippen MR) is 81.0 cm³/mol. The fourth-order valence-corrected chi connectivity index (χ4v) is 2.70. The van der Waals surface area contributed by atoms with Gasteiger partial charge in [0, 0.05) is 50.2 Å². The summed E-state index contributed by atoms with van der Waals surface area (Å²) in [5, 5.41) is 6.31. The van der Waals surface area contributed by atoms with Gasteiger partial charge in [-0.05, 0) is 31.4 Å². The Morgan fingerprint density at radius 1 is 1.38 bits per heavy atom. The number of nitrogens with one attached hydrogen (secondary N) is 2. The standard InChI is InChI=1S/C15H21N5O/c1-11(12-8-16-9-12)14(21)19-13-4-2-7-20(10-13)15-17-5-3-6-18-15/h3,5-6,13,16H,2,4,7-10H2,1H3,(H,19,21). The van der Waals surface area contributed by atoms with Crippen molar-refractivity contribution < 1.29 is 4.79 Å². The predicted octanol–water partition coefficient (Wildman–Crippen LogP) is 0.481. The van der Waals surface area contributed by atoms with Crippen LogP contribution in [0.5, 0.6) is 0 Å². The third-order valence-electron chi connectivity index (χ3n) is 4.14. The van der Waals surface area contributed by atoms with Gasteiger partial charge in [0.1, 0.15) is 0 Å². The lowest BCUT2D eigenvalue weighted by Gasteiger charge is -2.33. The van der Waals surface area contributed by atoms with Gasteiger partial charge in [-0.3, -0.25) is 4.79 Å². The van der Waals surface area contributed by atoms with Crippen molar-refractivity contribution in [3.8, 4) is 0 Å². The molecule has 2 saturated heterocycles. The first-order valence-corrected chi connectivity index (χ1v) is 7.46. The van der Waals surface area contributed by atoms with Gasteiger partial charge in [-0.1, -0.05) is 0 Å². The maximum absolute atomic E-state index is 12.2. The number of aromatic nitrogens is 2.